The normalized spacial score (nSPS) is 6.90. The highest BCUT2D eigenvalue weighted by molar-refractivity contribution is 5.42. The Balaban J connectivity index is 0. The van der Waals surface area contributed by atoms with E-state index >= 15 is 0 Å². The third-order valence-electron chi connectivity index (χ3n) is 3.34. The molecule has 0 saturated heterocycles. The van der Waals surface area contributed by atoms with E-state index in [0.29, 0.717) is 0 Å². The zero-order chi connectivity index (χ0) is 19.7. The van der Waals surface area contributed by atoms with Gasteiger partial charge in [-0.1, -0.05) is 86.4 Å². The summed E-state index contributed by atoms with van der Waals surface area (Å²) in [5, 5.41) is 0. The van der Waals surface area contributed by atoms with Crippen molar-refractivity contribution in [2.45, 2.75) is 49.0 Å². The van der Waals surface area contributed by atoms with Crippen LogP contribution >= 0.6 is 0 Å². The highest BCUT2D eigenvalue weighted by Crippen LogP contribution is 2.11. The molecule has 0 bridgehead atoms. The number of aryl methyl sites for hydroxylation is 2. The van der Waals surface area contributed by atoms with Crippen molar-refractivity contribution < 1.29 is 0 Å². The van der Waals surface area contributed by atoms with E-state index in [9.17, 15) is 0 Å². The molecule has 0 unspecified atom stereocenters. The molecule has 0 spiro atoms. The van der Waals surface area contributed by atoms with Gasteiger partial charge in [0.1, 0.15) is 0 Å². The van der Waals surface area contributed by atoms with E-state index in [4.69, 9.17) is 0 Å². The van der Waals surface area contributed by atoms with Crippen LogP contribution in [-0.4, -0.2) is 0 Å². The van der Waals surface area contributed by atoms with E-state index in [0.717, 1.165) is 6.42 Å². The monoisotopic (exact) mass is 378 g/mol. The van der Waals surface area contributed by atoms with Crippen LogP contribution in [0.3, 0.4) is 0 Å². The van der Waals surface area contributed by atoms with Gasteiger partial charge >= 0.3 is 0 Å². The number of benzene rings is 2. The maximum Gasteiger partial charge on any atom is -0.000000533 e. The van der Waals surface area contributed by atoms with Crippen LogP contribution in [0.5, 0.6) is 0 Å². The van der Waals surface area contributed by atoms with Crippen LogP contribution in [0.4, 0.5) is 0 Å². The third-order valence-corrected chi connectivity index (χ3v) is 3.34. The van der Waals surface area contributed by atoms with E-state index in [1.165, 1.54) is 22.3 Å². The Labute approximate surface area is 179 Å². The first-order chi connectivity index (χ1) is 13.2. The van der Waals surface area contributed by atoms with Gasteiger partial charge in [0.05, 0.1) is 0 Å². The van der Waals surface area contributed by atoms with Crippen molar-refractivity contribution in [1.82, 2.24) is 0 Å². The van der Waals surface area contributed by atoms with E-state index in [1.54, 1.807) is 13.8 Å². The van der Waals surface area contributed by atoms with Crippen molar-refractivity contribution in [3.8, 4) is 59.2 Å². The number of hydrogen-bond acceptors (Lipinski definition) is 0. The van der Waals surface area contributed by atoms with Crippen LogP contribution < -0.4 is 0 Å². The molecule has 0 aromatic heterocycles. The highest BCUT2D eigenvalue weighted by Gasteiger charge is 1.95. The van der Waals surface area contributed by atoms with Gasteiger partial charge in [-0.05, 0) is 92.6 Å². The third kappa shape index (κ3) is 14.0. The Morgan fingerprint density at radius 3 is 1.03 bits per heavy atom. The van der Waals surface area contributed by atoms with Gasteiger partial charge in [-0.2, -0.15) is 0 Å². The molecule has 0 N–H and O–H groups in total. The SMILES string of the molecule is C.C.CC#CC#CC#CC#CC#CC.Cc1ccc(Cc2ccc(C)cc2)cc1. The molecule has 0 aliphatic heterocycles. The molecule has 2 aromatic carbocycles. The summed E-state index contributed by atoms with van der Waals surface area (Å²) in [6.07, 6.45) is 1.03. The van der Waals surface area contributed by atoms with Crippen molar-refractivity contribution in [3.63, 3.8) is 0 Å². The van der Waals surface area contributed by atoms with Crippen LogP contribution in [0.1, 0.15) is 51.0 Å². The first-order valence-corrected chi connectivity index (χ1v) is 8.60. The molecule has 0 aliphatic carbocycles. The average Bonchev–Trinajstić information content (AvgIpc) is 2.68. The molecule has 2 aromatic rings. The Morgan fingerprint density at radius 2 is 0.759 bits per heavy atom. The summed E-state index contributed by atoms with van der Waals surface area (Å²) in [4.78, 5) is 0. The molecule has 0 heteroatoms. The van der Waals surface area contributed by atoms with Gasteiger partial charge in [0.15, 0.2) is 0 Å². The van der Waals surface area contributed by atoms with E-state index in [-0.39, 0.29) is 14.9 Å². The summed E-state index contributed by atoms with van der Waals surface area (Å²) in [6.45, 7) is 7.68. The smallest absolute Gasteiger partial charge is 0.000000533 e. The molecule has 29 heavy (non-hydrogen) atoms. The Hall–Kier alpha value is -3.76. The average molecular weight is 379 g/mol. The van der Waals surface area contributed by atoms with E-state index in [1.807, 2.05) is 0 Å². The second-order valence-corrected chi connectivity index (χ2v) is 5.65. The summed E-state index contributed by atoms with van der Waals surface area (Å²) in [5.41, 5.74) is 5.40. The van der Waals surface area contributed by atoms with Crippen molar-refractivity contribution in [3.05, 3.63) is 70.8 Å². The first-order valence-electron chi connectivity index (χ1n) is 8.60. The van der Waals surface area contributed by atoms with Crippen molar-refractivity contribution in [2.75, 3.05) is 0 Å². The summed E-state index contributed by atoms with van der Waals surface area (Å²) < 4.78 is 0. The molecule has 0 amide bonds. The molecule has 0 heterocycles. The van der Waals surface area contributed by atoms with Crippen LogP contribution in [0.15, 0.2) is 48.5 Å². The predicted molar refractivity (Wildman–Crippen MR) is 129 cm³/mol. The minimum Gasteiger partial charge on any atom is -0.0925 e. The van der Waals surface area contributed by atoms with Crippen LogP contribution in [0, 0.1) is 73.1 Å². The van der Waals surface area contributed by atoms with Crippen LogP contribution in [0.25, 0.3) is 0 Å². The maximum absolute atomic E-state index is 2.63. The molecular weight excluding hydrogens is 348 g/mol. The van der Waals surface area contributed by atoms with Gasteiger partial charge in [-0.15, -0.1) is 0 Å². The predicted octanol–water partition coefficient (Wildman–Crippen LogP) is 6.21. The van der Waals surface area contributed by atoms with Crippen molar-refractivity contribution >= 4 is 0 Å². The van der Waals surface area contributed by atoms with Gasteiger partial charge < -0.3 is 0 Å². The minimum absolute atomic E-state index is 0. The molecule has 0 atom stereocenters. The van der Waals surface area contributed by atoms with Gasteiger partial charge in [0, 0.05) is 0 Å². The lowest BCUT2D eigenvalue weighted by molar-refractivity contribution is 1.18. The number of rotatable bonds is 2. The maximum atomic E-state index is 2.63. The standard InChI is InChI=1S/C15H16.C12H6.2CH4/c1-12-3-7-14(8-4-12)11-15-9-5-13(2)6-10-15;1-3-5-7-9-11-12-10-8-6-4-2;;/h3-10H,11H2,1-2H3;1-2H3;2*1H4. The topological polar surface area (TPSA) is 0 Å². The molecule has 0 saturated carbocycles. The molecule has 146 valence electrons. The van der Waals surface area contributed by atoms with Crippen LogP contribution in [-0.2, 0) is 6.42 Å². The summed E-state index contributed by atoms with van der Waals surface area (Å²) in [6, 6.07) is 17.5. The summed E-state index contributed by atoms with van der Waals surface area (Å²) >= 11 is 0. The van der Waals surface area contributed by atoms with E-state index < -0.39 is 0 Å². The second kappa shape index (κ2) is 17.6. The second-order valence-electron chi connectivity index (χ2n) is 5.65. The Kier molecular flexibility index (Phi) is 16.7. The lowest BCUT2D eigenvalue weighted by atomic mass is 10.0. The molecule has 0 fully saturated rings. The fourth-order valence-electron chi connectivity index (χ4n) is 1.96. The van der Waals surface area contributed by atoms with Crippen molar-refractivity contribution in [1.29, 1.82) is 0 Å². The zero-order valence-electron chi connectivity index (χ0n) is 16.3. The molecule has 0 aliphatic rings. The van der Waals surface area contributed by atoms with Crippen molar-refractivity contribution in [2.24, 2.45) is 0 Å². The number of hydrogen-bond donors (Lipinski definition) is 0. The molecule has 2 rings (SSSR count). The van der Waals surface area contributed by atoms with Crippen LogP contribution in [0.2, 0.25) is 0 Å². The van der Waals surface area contributed by atoms with Gasteiger partial charge in [-0.25, -0.2) is 0 Å². The minimum atomic E-state index is 0. The largest absolute Gasteiger partial charge is 0.0925 e. The zero-order valence-corrected chi connectivity index (χ0v) is 16.3. The lowest BCUT2D eigenvalue weighted by Gasteiger charge is -2.03. The fourth-order valence-corrected chi connectivity index (χ4v) is 1.96. The lowest BCUT2D eigenvalue weighted by Crippen LogP contribution is -1.88. The van der Waals surface area contributed by atoms with Gasteiger partial charge in [0.25, 0.3) is 0 Å². The Morgan fingerprint density at radius 1 is 0.483 bits per heavy atom. The van der Waals surface area contributed by atoms with E-state index in [2.05, 4.69) is 122 Å². The van der Waals surface area contributed by atoms with Gasteiger partial charge in [-0.3, -0.25) is 0 Å². The first kappa shape index (κ1) is 27.5. The molecule has 0 nitrogen and oxygen atoms in total. The van der Waals surface area contributed by atoms with Gasteiger partial charge in [0.2, 0.25) is 0 Å². The Bertz CT molecular complexity index is 937. The molecule has 0 radical (unpaired) electrons. The summed E-state index contributed by atoms with van der Waals surface area (Å²) in [7, 11) is 0. The fraction of sp³-hybridized carbons (Fsp3) is 0.241. The highest BCUT2D eigenvalue weighted by atomic mass is 14.0. The quantitative estimate of drug-likeness (QED) is 0.545. The molecular formula is C29H30. The summed E-state index contributed by atoms with van der Waals surface area (Å²) in [5.74, 6) is 25.6.